The number of benzene rings is 1. The van der Waals surface area contributed by atoms with Crippen molar-refractivity contribution in [2.24, 2.45) is 5.92 Å². The van der Waals surface area contributed by atoms with Crippen LogP contribution in [0, 0.1) is 5.92 Å². The SMILES string of the molecule is CN(C)C12CC1CN(Cc1ccccc1)C2. The highest BCUT2D eigenvalue weighted by Gasteiger charge is 2.60. The zero-order valence-corrected chi connectivity index (χ0v) is 10.2. The van der Waals surface area contributed by atoms with E-state index in [1.807, 2.05) is 0 Å². The summed E-state index contributed by atoms with van der Waals surface area (Å²) < 4.78 is 0. The van der Waals surface area contributed by atoms with Gasteiger partial charge in [-0.1, -0.05) is 30.3 Å². The predicted molar refractivity (Wildman–Crippen MR) is 66.2 cm³/mol. The number of likely N-dealkylation sites (N-methyl/N-ethyl adjacent to an activating group) is 1. The molecular formula is C14H20N2. The van der Waals surface area contributed by atoms with Gasteiger partial charge in [0.2, 0.25) is 0 Å². The second-order valence-electron chi connectivity index (χ2n) is 5.55. The van der Waals surface area contributed by atoms with E-state index in [-0.39, 0.29) is 0 Å². The Hall–Kier alpha value is -0.860. The molecule has 0 N–H and O–H groups in total. The fourth-order valence-corrected chi connectivity index (χ4v) is 3.21. The Morgan fingerprint density at radius 3 is 2.69 bits per heavy atom. The smallest absolute Gasteiger partial charge is 0.0375 e. The topological polar surface area (TPSA) is 6.48 Å². The van der Waals surface area contributed by atoms with Crippen molar-refractivity contribution in [3.05, 3.63) is 35.9 Å². The number of piperidine rings is 1. The minimum Gasteiger partial charge on any atom is -0.302 e. The van der Waals surface area contributed by atoms with Crippen LogP contribution in [-0.4, -0.2) is 42.5 Å². The van der Waals surface area contributed by atoms with Crippen LogP contribution >= 0.6 is 0 Å². The van der Waals surface area contributed by atoms with E-state index in [1.165, 1.54) is 25.1 Å². The van der Waals surface area contributed by atoms with E-state index < -0.39 is 0 Å². The first-order valence-electron chi connectivity index (χ1n) is 6.14. The number of hydrogen-bond donors (Lipinski definition) is 0. The van der Waals surface area contributed by atoms with E-state index in [9.17, 15) is 0 Å². The predicted octanol–water partition coefficient (Wildman–Crippen LogP) is 1.82. The lowest BCUT2D eigenvalue weighted by atomic mass is 10.2. The average Bonchev–Trinajstić information content (AvgIpc) is 2.84. The van der Waals surface area contributed by atoms with Gasteiger partial charge in [0.25, 0.3) is 0 Å². The molecule has 2 unspecified atom stereocenters. The number of nitrogens with zero attached hydrogens (tertiary/aromatic N) is 2. The molecule has 1 saturated heterocycles. The summed E-state index contributed by atoms with van der Waals surface area (Å²) in [6.07, 6.45) is 1.41. The summed E-state index contributed by atoms with van der Waals surface area (Å²) in [6.45, 7) is 3.65. The summed E-state index contributed by atoms with van der Waals surface area (Å²) in [5.74, 6) is 0.922. The molecule has 1 aromatic rings. The summed E-state index contributed by atoms with van der Waals surface area (Å²) in [6, 6.07) is 10.8. The molecule has 1 saturated carbocycles. The van der Waals surface area contributed by atoms with Gasteiger partial charge in [-0.15, -0.1) is 0 Å². The van der Waals surface area contributed by atoms with E-state index in [4.69, 9.17) is 0 Å². The Labute approximate surface area is 97.9 Å². The third-order valence-electron chi connectivity index (χ3n) is 4.32. The van der Waals surface area contributed by atoms with Crippen molar-refractivity contribution < 1.29 is 0 Å². The van der Waals surface area contributed by atoms with Gasteiger partial charge >= 0.3 is 0 Å². The molecule has 0 bridgehead atoms. The summed E-state index contributed by atoms with van der Waals surface area (Å²) in [5, 5.41) is 0. The van der Waals surface area contributed by atoms with Gasteiger partial charge < -0.3 is 4.90 Å². The van der Waals surface area contributed by atoms with E-state index in [0.29, 0.717) is 5.54 Å². The maximum absolute atomic E-state index is 2.60. The molecule has 2 fully saturated rings. The Morgan fingerprint density at radius 2 is 2.06 bits per heavy atom. The van der Waals surface area contributed by atoms with Gasteiger partial charge in [-0.2, -0.15) is 0 Å². The fourth-order valence-electron chi connectivity index (χ4n) is 3.21. The summed E-state index contributed by atoms with van der Waals surface area (Å²) >= 11 is 0. The molecule has 2 atom stereocenters. The zero-order chi connectivity index (χ0) is 11.2. The van der Waals surface area contributed by atoms with E-state index in [0.717, 1.165) is 12.5 Å². The zero-order valence-electron chi connectivity index (χ0n) is 10.2. The van der Waals surface area contributed by atoms with Crippen LogP contribution in [0.4, 0.5) is 0 Å². The normalized spacial score (nSPS) is 33.1. The highest BCUT2D eigenvalue weighted by atomic mass is 15.3. The van der Waals surface area contributed by atoms with Crippen molar-refractivity contribution in [2.75, 3.05) is 27.2 Å². The Kier molecular flexibility index (Phi) is 2.30. The molecule has 0 aromatic heterocycles. The molecule has 1 aromatic carbocycles. The lowest BCUT2D eigenvalue weighted by Crippen LogP contribution is -2.37. The van der Waals surface area contributed by atoms with E-state index in [2.05, 4.69) is 54.2 Å². The molecule has 1 heterocycles. The van der Waals surface area contributed by atoms with Crippen LogP contribution in [-0.2, 0) is 6.54 Å². The maximum atomic E-state index is 2.60. The Morgan fingerprint density at radius 1 is 1.31 bits per heavy atom. The van der Waals surface area contributed by atoms with Crippen LogP contribution in [0.1, 0.15) is 12.0 Å². The first-order valence-corrected chi connectivity index (χ1v) is 6.14. The lowest BCUT2D eigenvalue weighted by molar-refractivity contribution is 0.214. The molecule has 86 valence electrons. The third kappa shape index (κ3) is 1.57. The summed E-state index contributed by atoms with van der Waals surface area (Å²) in [4.78, 5) is 5.03. The van der Waals surface area contributed by atoms with Crippen LogP contribution in [0.3, 0.4) is 0 Å². The van der Waals surface area contributed by atoms with E-state index >= 15 is 0 Å². The first-order chi connectivity index (χ1) is 7.71. The standard InChI is InChI=1S/C14H20N2/c1-15(2)14-8-13(14)10-16(11-14)9-12-6-4-3-5-7-12/h3-7,13H,8-11H2,1-2H3. The van der Waals surface area contributed by atoms with Crippen molar-refractivity contribution in [3.63, 3.8) is 0 Å². The van der Waals surface area contributed by atoms with Gasteiger partial charge in [0.15, 0.2) is 0 Å². The number of rotatable bonds is 3. The second-order valence-corrected chi connectivity index (χ2v) is 5.55. The Balaban J connectivity index is 1.64. The van der Waals surface area contributed by atoms with Crippen molar-refractivity contribution in [2.45, 2.75) is 18.5 Å². The molecule has 1 aliphatic heterocycles. The molecular weight excluding hydrogens is 196 g/mol. The quantitative estimate of drug-likeness (QED) is 0.760. The molecule has 2 heteroatoms. The highest BCUT2D eigenvalue weighted by Crippen LogP contribution is 2.52. The number of hydrogen-bond acceptors (Lipinski definition) is 2. The average molecular weight is 216 g/mol. The first kappa shape index (κ1) is 10.3. The van der Waals surface area contributed by atoms with Crippen molar-refractivity contribution in [3.8, 4) is 0 Å². The van der Waals surface area contributed by atoms with Crippen molar-refractivity contribution in [1.29, 1.82) is 0 Å². The molecule has 0 amide bonds. The monoisotopic (exact) mass is 216 g/mol. The summed E-state index contributed by atoms with van der Waals surface area (Å²) in [7, 11) is 4.46. The fraction of sp³-hybridized carbons (Fsp3) is 0.571. The van der Waals surface area contributed by atoms with Crippen molar-refractivity contribution in [1.82, 2.24) is 9.80 Å². The molecule has 16 heavy (non-hydrogen) atoms. The van der Waals surface area contributed by atoms with E-state index in [1.54, 1.807) is 0 Å². The van der Waals surface area contributed by atoms with Gasteiger partial charge in [0.1, 0.15) is 0 Å². The molecule has 3 rings (SSSR count). The van der Waals surface area contributed by atoms with Crippen LogP contribution in [0.25, 0.3) is 0 Å². The number of fused-ring (bicyclic) bond motifs is 1. The third-order valence-corrected chi connectivity index (χ3v) is 4.32. The van der Waals surface area contributed by atoms with Gasteiger partial charge in [-0.3, -0.25) is 4.90 Å². The molecule has 1 aliphatic carbocycles. The van der Waals surface area contributed by atoms with Crippen molar-refractivity contribution >= 4 is 0 Å². The minimum absolute atomic E-state index is 0.523. The maximum Gasteiger partial charge on any atom is 0.0375 e. The molecule has 0 spiro atoms. The molecule has 2 nitrogen and oxygen atoms in total. The lowest BCUT2D eigenvalue weighted by Gasteiger charge is -2.25. The Bertz CT molecular complexity index is 374. The highest BCUT2D eigenvalue weighted by molar-refractivity contribution is 5.20. The second kappa shape index (κ2) is 3.57. The van der Waals surface area contributed by atoms with Gasteiger partial charge in [0, 0.05) is 25.2 Å². The van der Waals surface area contributed by atoms with Gasteiger partial charge in [-0.05, 0) is 32.0 Å². The van der Waals surface area contributed by atoms with Crippen LogP contribution < -0.4 is 0 Å². The summed E-state index contributed by atoms with van der Waals surface area (Å²) in [5.41, 5.74) is 1.96. The minimum atomic E-state index is 0.523. The largest absolute Gasteiger partial charge is 0.302 e. The van der Waals surface area contributed by atoms with Crippen LogP contribution in [0.15, 0.2) is 30.3 Å². The van der Waals surface area contributed by atoms with Gasteiger partial charge in [-0.25, -0.2) is 0 Å². The van der Waals surface area contributed by atoms with Crippen LogP contribution in [0.2, 0.25) is 0 Å². The van der Waals surface area contributed by atoms with Gasteiger partial charge in [0.05, 0.1) is 0 Å². The molecule has 0 radical (unpaired) electrons. The van der Waals surface area contributed by atoms with Crippen LogP contribution in [0.5, 0.6) is 0 Å². The molecule has 2 aliphatic rings. The number of likely N-dealkylation sites (tertiary alicyclic amines) is 1.